The molecule has 0 heterocycles. The predicted molar refractivity (Wildman–Crippen MR) is 34.8 cm³/mol. The standard InChI is InChI=1S/C7H6F8/c1-3(2)5(10,11)7(14,15)6(12,13)4(8)9/h3H,1H2,2H3. The Kier molecular flexibility index (Phi) is 3.64. The summed E-state index contributed by atoms with van der Waals surface area (Å²) in [6.45, 7) is 2.85. The summed E-state index contributed by atoms with van der Waals surface area (Å²) in [6, 6.07) is 0. The van der Waals surface area contributed by atoms with E-state index in [4.69, 9.17) is 0 Å². The highest BCUT2D eigenvalue weighted by Crippen LogP contribution is 2.53. The van der Waals surface area contributed by atoms with Gasteiger partial charge in [0.1, 0.15) is 0 Å². The van der Waals surface area contributed by atoms with Gasteiger partial charge >= 0.3 is 24.2 Å². The van der Waals surface area contributed by atoms with Crippen molar-refractivity contribution in [2.75, 3.05) is 0 Å². The van der Waals surface area contributed by atoms with Gasteiger partial charge in [-0.25, -0.2) is 0 Å². The lowest BCUT2D eigenvalue weighted by molar-refractivity contribution is -0.326. The van der Waals surface area contributed by atoms with Gasteiger partial charge in [-0.15, -0.1) is 0 Å². The normalized spacial score (nSPS) is 15.2. The molecule has 0 aromatic heterocycles. The summed E-state index contributed by atoms with van der Waals surface area (Å²) >= 11 is 0. The van der Waals surface area contributed by atoms with Gasteiger partial charge in [0.05, 0.1) is 0 Å². The minimum Gasteiger partial charge on any atom is -0.199 e. The Morgan fingerprint density at radius 3 is 1.53 bits per heavy atom. The first kappa shape index (κ1) is 14.4. The van der Waals surface area contributed by atoms with Crippen LogP contribution in [-0.2, 0) is 0 Å². The van der Waals surface area contributed by atoms with E-state index in [9.17, 15) is 35.1 Å². The van der Waals surface area contributed by atoms with Crippen LogP contribution in [0.2, 0.25) is 0 Å². The Morgan fingerprint density at radius 1 is 1.00 bits per heavy atom. The van der Waals surface area contributed by atoms with Crippen LogP contribution in [0.3, 0.4) is 0 Å². The zero-order chi connectivity index (χ0) is 12.7. The molecule has 0 fully saturated rings. The molecule has 0 amide bonds. The van der Waals surface area contributed by atoms with Crippen molar-refractivity contribution in [3.05, 3.63) is 13.3 Å². The Balaban J connectivity index is 5.30. The van der Waals surface area contributed by atoms with E-state index in [1.54, 1.807) is 0 Å². The molecule has 8 heteroatoms. The van der Waals surface area contributed by atoms with E-state index < -0.39 is 30.1 Å². The van der Waals surface area contributed by atoms with Gasteiger partial charge in [-0.2, -0.15) is 35.1 Å². The third-order valence-electron chi connectivity index (χ3n) is 1.67. The summed E-state index contributed by atoms with van der Waals surface area (Å²) in [6.07, 6.45) is -4.06. The number of hydrogen-bond donors (Lipinski definition) is 0. The van der Waals surface area contributed by atoms with Gasteiger partial charge in [-0.3, -0.25) is 0 Å². The van der Waals surface area contributed by atoms with Crippen molar-refractivity contribution < 1.29 is 35.1 Å². The van der Waals surface area contributed by atoms with E-state index in [0.29, 0.717) is 6.92 Å². The zero-order valence-corrected chi connectivity index (χ0v) is 7.31. The Bertz CT molecular complexity index is 197. The van der Waals surface area contributed by atoms with Crippen molar-refractivity contribution in [3.63, 3.8) is 0 Å². The van der Waals surface area contributed by atoms with Gasteiger partial charge < -0.3 is 0 Å². The number of rotatable bonds is 4. The molecule has 1 unspecified atom stereocenters. The summed E-state index contributed by atoms with van der Waals surface area (Å²) in [5.74, 6) is -20.1. The highest BCUT2D eigenvalue weighted by atomic mass is 19.4. The maximum Gasteiger partial charge on any atom is 0.384 e. The van der Waals surface area contributed by atoms with Crippen molar-refractivity contribution in [2.45, 2.75) is 24.7 Å². The maximum atomic E-state index is 12.5. The first-order chi connectivity index (χ1) is 6.39. The second-order valence-corrected chi connectivity index (χ2v) is 2.93. The summed E-state index contributed by atoms with van der Waals surface area (Å²) in [4.78, 5) is 0. The molecule has 0 N–H and O–H groups in total. The molecule has 15 heavy (non-hydrogen) atoms. The summed E-state index contributed by atoms with van der Waals surface area (Å²) in [5, 5.41) is 0. The van der Waals surface area contributed by atoms with Crippen molar-refractivity contribution in [2.24, 2.45) is 5.92 Å². The lowest BCUT2D eigenvalue weighted by atomic mass is 9.95. The predicted octanol–water partition coefficient (Wildman–Crippen LogP) is 3.79. The van der Waals surface area contributed by atoms with Crippen LogP contribution >= 0.6 is 0 Å². The first-order valence-corrected chi connectivity index (χ1v) is 3.54. The highest BCUT2D eigenvalue weighted by molar-refractivity contribution is 5.05. The molecule has 90 valence electrons. The topological polar surface area (TPSA) is 0 Å². The third kappa shape index (κ3) is 2.03. The average molecular weight is 242 g/mol. The zero-order valence-electron chi connectivity index (χ0n) is 7.31. The molecule has 0 aromatic rings. The molecule has 0 bridgehead atoms. The van der Waals surface area contributed by atoms with Crippen LogP contribution in [0.1, 0.15) is 6.92 Å². The molecule has 2 radical (unpaired) electrons. The van der Waals surface area contributed by atoms with Gasteiger partial charge in [-0.05, 0) is 6.92 Å². The van der Waals surface area contributed by atoms with Crippen LogP contribution in [0.15, 0.2) is 0 Å². The molecule has 0 aromatic carbocycles. The molecule has 0 rings (SSSR count). The fraction of sp³-hybridized carbons (Fsp3) is 0.714. The molecule has 1 atom stereocenters. The first-order valence-electron chi connectivity index (χ1n) is 3.54. The van der Waals surface area contributed by atoms with Gasteiger partial charge in [0.2, 0.25) is 0 Å². The van der Waals surface area contributed by atoms with Crippen LogP contribution < -0.4 is 0 Å². The van der Waals surface area contributed by atoms with Gasteiger partial charge in [0.15, 0.2) is 0 Å². The lowest BCUT2D eigenvalue weighted by Gasteiger charge is -2.33. The molecule has 0 saturated carbocycles. The quantitative estimate of drug-likeness (QED) is 0.658. The molecular formula is C7H6F8. The molecular weight excluding hydrogens is 236 g/mol. The summed E-state index contributed by atoms with van der Waals surface area (Å²) in [5.41, 5.74) is 0. The van der Waals surface area contributed by atoms with Crippen molar-refractivity contribution in [3.8, 4) is 0 Å². The fourth-order valence-electron chi connectivity index (χ4n) is 0.637. The molecule has 0 aliphatic rings. The minimum absolute atomic E-state index is 0.417. The summed E-state index contributed by atoms with van der Waals surface area (Å²) in [7, 11) is 0. The van der Waals surface area contributed by atoms with Crippen LogP contribution in [0.5, 0.6) is 0 Å². The minimum atomic E-state index is -6.18. The Hall–Kier alpha value is -0.560. The van der Waals surface area contributed by atoms with E-state index in [2.05, 4.69) is 6.92 Å². The van der Waals surface area contributed by atoms with E-state index in [-0.39, 0.29) is 0 Å². The van der Waals surface area contributed by atoms with Crippen LogP contribution in [0, 0.1) is 19.3 Å². The lowest BCUT2D eigenvalue weighted by Crippen LogP contribution is -2.57. The van der Waals surface area contributed by atoms with E-state index in [0.717, 1.165) is 0 Å². The van der Waals surface area contributed by atoms with Crippen molar-refractivity contribution in [1.29, 1.82) is 0 Å². The SMILES string of the molecule is [CH2]C(C)C(F)(F)C(F)(F)C(F)(F)[C](F)F. The van der Waals surface area contributed by atoms with Crippen LogP contribution in [0.4, 0.5) is 35.1 Å². The Morgan fingerprint density at radius 2 is 1.33 bits per heavy atom. The molecule has 0 nitrogen and oxygen atoms in total. The van der Waals surface area contributed by atoms with Gasteiger partial charge in [0, 0.05) is 5.92 Å². The van der Waals surface area contributed by atoms with E-state index >= 15 is 0 Å². The largest absolute Gasteiger partial charge is 0.384 e. The number of halogens is 8. The average Bonchev–Trinajstić information content (AvgIpc) is 2.02. The smallest absolute Gasteiger partial charge is 0.199 e. The maximum absolute atomic E-state index is 12.5. The molecule has 0 spiro atoms. The number of hydrogen-bond acceptors (Lipinski definition) is 0. The van der Waals surface area contributed by atoms with Gasteiger partial charge in [-0.1, -0.05) is 6.92 Å². The van der Waals surface area contributed by atoms with Gasteiger partial charge in [0.25, 0.3) is 0 Å². The highest BCUT2D eigenvalue weighted by Gasteiger charge is 2.76. The summed E-state index contributed by atoms with van der Waals surface area (Å²) < 4.78 is 97.1. The second kappa shape index (κ2) is 3.79. The molecule has 0 saturated heterocycles. The number of alkyl halides is 6. The van der Waals surface area contributed by atoms with Crippen LogP contribution in [0.25, 0.3) is 0 Å². The van der Waals surface area contributed by atoms with E-state index in [1.807, 2.05) is 0 Å². The molecule has 0 aliphatic heterocycles. The van der Waals surface area contributed by atoms with Crippen molar-refractivity contribution in [1.82, 2.24) is 0 Å². The second-order valence-electron chi connectivity index (χ2n) is 2.93. The van der Waals surface area contributed by atoms with Crippen LogP contribution in [-0.4, -0.2) is 17.8 Å². The van der Waals surface area contributed by atoms with Crippen molar-refractivity contribution >= 4 is 0 Å². The fourth-order valence-corrected chi connectivity index (χ4v) is 0.637. The monoisotopic (exact) mass is 242 g/mol. The van der Waals surface area contributed by atoms with E-state index in [1.165, 1.54) is 0 Å². The Labute approximate surface area is 80.3 Å². The molecule has 0 aliphatic carbocycles. The third-order valence-corrected chi connectivity index (χ3v) is 1.67.